The zero-order chi connectivity index (χ0) is 16.6. The zero-order valence-electron chi connectivity index (χ0n) is 12.8. The average molecular weight is 418 g/mol. The molecule has 0 atom stereocenters. The molecule has 1 heterocycles. The van der Waals surface area contributed by atoms with Crippen LogP contribution in [-0.2, 0) is 7.05 Å². The smallest absolute Gasteiger partial charge is 0.256 e. The van der Waals surface area contributed by atoms with Crippen LogP contribution in [-0.4, -0.2) is 10.5 Å². The van der Waals surface area contributed by atoms with Crippen molar-refractivity contribution in [1.82, 2.24) is 4.57 Å². The van der Waals surface area contributed by atoms with Crippen molar-refractivity contribution in [3.8, 4) is 0 Å². The molecule has 0 spiro atoms. The predicted molar refractivity (Wildman–Crippen MR) is 101 cm³/mol. The molecular weight excluding hydrogens is 403 g/mol. The monoisotopic (exact) mass is 418 g/mol. The molecule has 1 aromatic heterocycles. The summed E-state index contributed by atoms with van der Waals surface area (Å²) >= 11 is 2.23. The van der Waals surface area contributed by atoms with Gasteiger partial charge in [0.1, 0.15) is 0 Å². The van der Waals surface area contributed by atoms with Gasteiger partial charge in [-0.2, -0.15) is 0 Å². The van der Waals surface area contributed by atoms with Crippen molar-refractivity contribution in [3.05, 3.63) is 73.6 Å². The molecule has 0 aliphatic carbocycles. The maximum Gasteiger partial charge on any atom is 0.256 e. The Labute approximate surface area is 147 Å². The van der Waals surface area contributed by atoms with Crippen LogP contribution in [0.3, 0.4) is 0 Å². The van der Waals surface area contributed by atoms with E-state index in [1.807, 2.05) is 49.4 Å². The van der Waals surface area contributed by atoms with Crippen molar-refractivity contribution < 1.29 is 4.79 Å². The van der Waals surface area contributed by atoms with Gasteiger partial charge >= 0.3 is 0 Å². The number of pyridine rings is 1. The maximum absolute atomic E-state index is 12.7. The molecule has 1 N–H and O–H groups in total. The SMILES string of the molecule is Cc1cc(I)ccc1NC(=O)c1cc(=O)n(C)c2ccccc12. The number of fused-ring (bicyclic) bond motifs is 1. The lowest BCUT2D eigenvalue weighted by Crippen LogP contribution is -2.21. The molecule has 2 aromatic carbocycles. The zero-order valence-corrected chi connectivity index (χ0v) is 14.9. The number of rotatable bonds is 2. The van der Waals surface area contributed by atoms with E-state index in [9.17, 15) is 9.59 Å². The molecule has 0 aliphatic rings. The minimum atomic E-state index is -0.275. The molecule has 0 unspecified atom stereocenters. The molecule has 0 saturated heterocycles. The quantitative estimate of drug-likeness (QED) is 0.646. The lowest BCUT2D eigenvalue weighted by Gasteiger charge is -2.12. The van der Waals surface area contributed by atoms with Gasteiger partial charge in [0.2, 0.25) is 0 Å². The third-order valence-electron chi connectivity index (χ3n) is 3.84. The van der Waals surface area contributed by atoms with Crippen LogP contribution in [0, 0.1) is 10.5 Å². The number of para-hydroxylation sites is 1. The van der Waals surface area contributed by atoms with Crippen LogP contribution in [0.1, 0.15) is 15.9 Å². The molecule has 0 aliphatic heterocycles. The highest BCUT2D eigenvalue weighted by molar-refractivity contribution is 14.1. The predicted octanol–water partition coefficient (Wildman–Crippen LogP) is 3.70. The normalized spacial score (nSPS) is 10.7. The first kappa shape index (κ1) is 15.7. The number of benzene rings is 2. The summed E-state index contributed by atoms with van der Waals surface area (Å²) in [5.74, 6) is -0.275. The summed E-state index contributed by atoms with van der Waals surface area (Å²) < 4.78 is 2.65. The fourth-order valence-corrected chi connectivity index (χ4v) is 3.20. The van der Waals surface area contributed by atoms with Crippen molar-refractivity contribution in [2.75, 3.05) is 5.32 Å². The number of hydrogen-bond donors (Lipinski definition) is 1. The minimum absolute atomic E-state index is 0.201. The first-order valence-electron chi connectivity index (χ1n) is 7.13. The summed E-state index contributed by atoms with van der Waals surface area (Å²) in [6, 6.07) is 14.6. The van der Waals surface area contributed by atoms with Crippen LogP contribution >= 0.6 is 22.6 Å². The van der Waals surface area contributed by atoms with E-state index in [2.05, 4.69) is 27.9 Å². The van der Waals surface area contributed by atoms with Gasteiger partial charge in [-0.1, -0.05) is 18.2 Å². The number of carbonyl (C=O) groups excluding carboxylic acids is 1. The molecule has 23 heavy (non-hydrogen) atoms. The van der Waals surface area contributed by atoms with E-state index in [4.69, 9.17) is 0 Å². The van der Waals surface area contributed by atoms with Crippen LogP contribution in [0.4, 0.5) is 5.69 Å². The number of nitrogens with zero attached hydrogens (tertiary/aromatic N) is 1. The highest BCUT2D eigenvalue weighted by Crippen LogP contribution is 2.21. The fraction of sp³-hybridized carbons (Fsp3) is 0.111. The van der Waals surface area contributed by atoms with Crippen LogP contribution in [0.5, 0.6) is 0 Å². The lowest BCUT2D eigenvalue weighted by molar-refractivity contribution is 0.102. The first-order valence-corrected chi connectivity index (χ1v) is 8.21. The summed E-state index contributed by atoms with van der Waals surface area (Å²) in [7, 11) is 1.70. The van der Waals surface area contributed by atoms with Crippen molar-refractivity contribution in [2.24, 2.45) is 7.05 Å². The highest BCUT2D eigenvalue weighted by atomic mass is 127. The van der Waals surface area contributed by atoms with Gasteiger partial charge in [-0.05, 0) is 59.3 Å². The van der Waals surface area contributed by atoms with Gasteiger partial charge in [-0.25, -0.2) is 0 Å². The van der Waals surface area contributed by atoms with Crippen LogP contribution in [0.15, 0.2) is 53.3 Å². The lowest BCUT2D eigenvalue weighted by atomic mass is 10.1. The van der Waals surface area contributed by atoms with E-state index < -0.39 is 0 Å². The number of halogens is 1. The summed E-state index contributed by atoms with van der Waals surface area (Å²) in [5, 5.41) is 3.66. The number of amides is 1. The highest BCUT2D eigenvalue weighted by Gasteiger charge is 2.14. The molecule has 116 valence electrons. The Morgan fingerprint density at radius 2 is 1.87 bits per heavy atom. The Morgan fingerprint density at radius 3 is 2.61 bits per heavy atom. The Hall–Kier alpha value is -2.15. The second-order valence-electron chi connectivity index (χ2n) is 5.39. The van der Waals surface area contributed by atoms with E-state index >= 15 is 0 Å². The Bertz CT molecular complexity index is 976. The second-order valence-corrected chi connectivity index (χ2v) is 6.63. The van der Waals surface area contributed by atoms with E-state index in [1.54, 1.807) is 11.6 Å². The number of aryl methyl sites for hydroxylation is 2. The molecule has 0 bridgehead atoms. The number of aromatic nitrogens is 1. The molecule has 0 radical (unpaired) electrons. The van der Waals surface area contributed by atoms with Crippen molar-refractivity contribution in [3.63, 3.8) is 0 Å². The van der Waals surface area contributed by atoms with E-state index in [-0.39, 0.29) is 11.5 Å². The standard InChI is InChI=1S/C18H15IN2O2/c1-11-9-12(19)7-8-15(11)20-18(23)14-10-17(22)21(2)16-6-4-3-5-13(14)16/h3-10H,1-2H3,(H,20,23). The Kier molecular flexibility index (Phi) is 4.21. The molecule has 0 saturated carbocycles. The van der Waals surface area contributed by atoms with Gasteiger partial charge < -0.3 is 9.88 Å². The van der Waals surface area contributed by atoms with Crippen molar-refractivity contribution >= 4 is 45.1 Å². The summed E-state index contributed by atoms with van der Waals surface area (Å²) in [6.45, 7) is 1.94. The van der Waals surface area contributed by atoms with Crippen LogP contribution in [0.25, 0.3) is 10.9 Å². The minimum Gasteiger partial charge on any atom is -0.322 e. The largest absolute Gasteiger partial charge is 0.322 e. The number of carbonyl (C=O) groups is 1. The van der Waals surface area contributed by atoms with Crippen LogP contribution < -0.4 is 10.9 Å². The second kappa shape index (κ2) is 6.16. The van der Waals surface area contributed by atoms with Crippen LogP contribution in [0.2, 0.25) is 0 Å². The average Bonchev–Trinajstić information content (AvgIpc) is 2.53. The number of anilines is 1. The van der Waals surface area contributed by atoms with E-state index in [1.165, 1.54) is 6.07 Å². The molecule has 3 rings (SSSR count). The molecular formula is C18H15IN2O2. The summed E-state index contributed by atoms with van der Waals surface area (Å²) in [5.41, 5.74) is 2.66. The Balaban J connectivity index is 2.08. The van der Waals surface area contributed by atoms with Gasteiger partial charge in [0.05, 0.1) is 11.1 Å². The molecule has 4 nitrogen and oxygen atoms in total. The molecule has 1 amide bonds. The Morgan fingerprint density at radius 1 is 1.13 bits per heavy atom. The van der Waals surface area contributed by atoms with Gasteiger partial charge in [0.25, 0.3) is 11.5 Å². The first-order chi connectivity index (χ1) is 11.0. The van der Waals surface area contributed by atoms with Gasteiger partial charge in [0.15, 0.2) is 0 Å². The van der Waals surface area contributed by atoms with Crippen molar-refractivity contribution in [2.45, 2.75) is 6.92 Å². The van der Waals surface area contributed by atoms with Crippen molar-refractivity contribution in [1.29, 1.82) is 0 Å². The molecule has 3 aromatic rings. The van der Waals surface area contributed by atoms with Gasteiger partial charge in [0, 0.05) is 27.8 Å². The fourth-order valence-electron chi connectivity index (χ4n) is 2.56. The summed E-state index contributed by atoms with van der Waals surface area (Å²) in [4.78, 5) is 24.8. The van der Waals surface area contributed by atoms with E-state index in [0.29, 0.717) is 5.56 Å². The van der Waals surface area contributed by atoms with Gasteiger partial charge in [-0.15, -0.1) is 0 Å². The third kappa shape index (κ3) is 3.01. The molecule has 5 heteroatoms. The summed E-state index contributed by atoms with van der Waals surface area (Å²) in [6.07, 6.45) is 0. The topological polar surface area (TPSA) is 51.1 Å². The van der Waals surface area contributed by atoms with Gasteiger partial charge in [-0.3, -0.25) is 9.59 Å². The maximum atomic E-state index is 12.7. The van der Waals surface area contributed by atoms with E-state index in [0.717, 1.165) is 25.7 Å². The number of nitrogens with one attached hydrogen (secondary N) is 1. The third-order valence-corrected chi connectivity index (χ3v) is 4.51. The molecule has 0 fully saturated rings. The number of hydrogen-bond acceptors (Lipinski definition) is 2.